The van der Waals surface area contributed by atoms with Crippen molar-refractivity contribution in [3.63, 3.8) is 0 Å². The van der Waals surface area contributed by atoms with E-state index in [1.54, 1.807) is 6.92 Å². The van der Waals surface area contributed by atoms with Gasteiger partial charge in [0.05, 0.1) is 30.5 Å². The Balaban J connectivity index is 3.32. The number of aryl methyl sites for hydroxylation is 1. The van der Waals surface area contributed by atoms with Gasteiger partial charge in [-0.25, -0.2) is 18.6 Å². The summed E-state index contributed by atoms with van der Waals surface area (Å²) in [5.74, 6) is -0.693. The molecule has 0 radical (unpaired) electrons. The van der Waals surface area contributed by atoms with Gasteiger partial charge < -0.3 is 9.47 Å². The number of hydrogen-bond donors (Lipinski definition) is 0. The quantitative estimate of drug-likeness (QED) is 0.765. The van der Waals surface area contributed by atoms with Crippen molar-refractivity contribution < 1.29 is 23.0 Å². The first-order valence-corrected chi connectivity index (χ1v) is 5.02. The van der Waals surface area contributed by atoms with Crippen molar-refractivity contribution in [3.05, 3.63) is 22.9 Å². The molecule has 0 N–H and O–H groups in total. The Bertz CT molecular complexity index is 421. The number of halogens is 2. The zero-order valence-electron chi connectivity index (χ0n) is 9.79. The van der Waals surface area contributed by atoms with Crippen LogP contribution in [-0.2, 0) is 4.74 Å². The van der Waals surface area contributed by atoms with Crippen LogP contribution in [0.2, 0.25) is 0 Å². The van der Waals surface area contributed by atoms with E-state index in [0.29, 0.717) is 0 Å². The summed E-state index contributed by atoms with van der Waals surface area (Å²) in [7, 11) is 1.35. The molecule has 0 saturated carbocycles. The highest BCUT2D eigenvalue weighted by atomic mass is 19.3. The third-order valence-electron chi connectivity index (χ3n) is 2.15. The number of ether oxygens (including phenoxy) is 2. The van der Waals surface area contributed by atoms with Gasteiger partial charge in [0.15, 0.2) is 0 Å². The maximum absolute atomic E-state index is 12.8. The molecule has 0 aliphatic heterocycles. The molecular formula is C11H13F2NO3. The predicted molar refractivity (Wildman–Crippen MR) is 56.4 cm³/mol. The molecule has 17 heavy (non-hydrogen) atoms. The van der Waals surface area contributed by atoms with Crippen molar-refractivity contribution in [1.82, 2.24) is 4.98 Å². The summed E-state index contributed by atoms with van der Waals surface area (Å²) >= 11 is 0. The van der Waals surface area contributed by atoms with Crippen LogP contribution >= 0.6 is 0 Å². The van der Waals surface area contributed by atoms with Crippen LogP contribution in [0.15, 0.2) is 6.07 Å². The molecule has 0 bridgehead atoms. The molecule has 1 aromatic rings. The average molecular weight is 245 g/mol. The van der Waals surface area contributed by atoms with Crippen molar-refractivity contribution in [2.75, 3.05) is 13.7 Å². The second kappa shape index (κ2) is 5.56. The molecule has 0 amide bonds. The number of pyridine rings is 1. The third kappa shape index (κ3) is 2.89. The zero-order valence-corrected chi connectivity index (χ0v) is 9.79. The lowest BCUT2D eigenvalue weighted by Crippen LogP contribution is -2.11. The van der Waals surface area contributed by atoms with Crippen LogP contribution in [0.4, 0.5) is 8.78 Å². The predicted octanol–water partition coefficient (Wildman–Crippen LogP) is 2.51. The normalized spacial score (nSPS) is 10.5. The summed E-state index contributed by atoms with van der Waals surface area (Å²) in [5.41, 5.74) is -0.558. The molecule has 0 aromatic carbocycles. The molecule has 0 atom stereocenters. The SMILES string of the molecule is CCOC(=O)c1cc(OC)nc(C)c1C(F)F. The molecular weight excluding hydrogens is 232 g/mol. The smallest absolute Gasteiger partial charge is 0.338 e. The number of esters is 1. The minimum Gasteiger partial charge on any atom is -0.481 e. The van der Waals surface area contributed by atoms with E-state index in [0.717, 1.165) is 6.07 Å². The van der Waals surface area contributed by atoms with Gasteiger partial charge in [0.25, 0.3) is 6.43 Å². The van der Waals surface area contributed by atoms with Crippen molar-refractivity contribution in [1.29, 1.82) is 0 Å². The van der Waals surface area contributed by atoms with E-state index in [9.17, 15) is 13.6 Å². The molecule has 0 aliphatic carbocycles. The largest absolute Gasteiger partial charge is 0.481 e. The second-order valence-electron chi connectivity index (χ2n) is 3.23. The number of carbonyl (C=O) groups excluding carboxylic acids is 1. The highest BCUT2D eigenvalue weighted by Crippen LogP contribution is 2.28. The van der Waals surface area contributed by atoms with Gasteiger partial charge in [-0.05, 0) is 13.8 Å². The third-order valence-corrected chi connectivity index (χ3v) is 2.15. The topological polar surface area (TPSA) is 48.4 Å². The number of aromatic nitrogens is 1. The molecule has 1 heterocycles. The average Bonchev–Trinajstić information content (AvgIpc) is 2.27. The van der Waals surface area contributed by atoms with Gasteiger partial charge in [-0.3, -0.25) is 0 Å². The molecule has 0 spiro atoms. The summed E-state index contributed by atoms with van der Waals surface area (Å²) in [6.07, 6.45) is -2.78. The number of carbonyl (C=O) groups is 1. The van der Waals surface area contributed by atoms with Crippen molar-refractivity contribution in [2.45, 2.75) is 20.3 Å². The number of nitrogens with zero attached hydrogens (tertiary/aromatic N) is 1. The zero-order chi connectivity index (χ0) is 13.0. The maximum Gasteiger partial charge on any atom is 0.338 e. The van der Waals surface area contributed by atoms with Gasteiger partial charge in [0.2, 0.25) is 5.88 Å². The van der Waals surface area contributed by atoms with E-state index in [-0.39, 0.29) is 23.7 Å². The summed E-state index contributed by atoms with van der Waals surface area (Å²) in [4.78, 5) is 15.4. The summed E-state index contributed by atoms with van der Waals surface area (Å²) in [6, 6.07) is 1.16. The number of methoxy groups -OCH3 is 1. The van der Waals surface area contributed by atoms with Gasteiger partial charge in [-0.15, -0.1) is 0 Å². The Hall–Kier alpha value is -1.72. The van der Waals surface area contributed by atoms with Crippen molar-refractivity contribution >= 4 is 5.97 Å². The Morgan fingerprint density at radius 1 is 1.53 bits per heavy atom. The minimum atomic E-state index is -2.78. The summed E-state index contributed by atoms with van der Waals surface area (Å²) < 4.78 is 35.2. The maximum atomic E-state index is 12.8. The van der Waals surface area contributed by atoms with Gasteiger partial charge in [-0.2, -0.15) is 0 Å². The van der Waals surface area contributed by atoms with E-state index < -0.39 is 18.0 Å². The Kier molecular flexibility index (Phi) is 4.37. The van der Waals surface area contributed by atoms with Crippen LogP contribution in [0.1, 0.15) is 35.0 Å². The van der Waals surface area contributed by atoms with Gasteiger partial charge in [0, 0.05) is 6.07 Å². The van der Waals surface area contributed by atoms with Crippen LogP contribution in [0.3, 0.4) is 0 Å². The summed E-state index contributed by atoms with van der Waals surface area (Å²) in [6.45, 7) is 3.11. The fraction of sp³-hybridized carbons (Fsp3) is 0.455. The number of hydrogen-bond acceptors (Lipinski definition) is 4. The highest BCUT2D eigenvalue weighted by molar-refractivity contribution is 5.91. The molecule has 0 unspecified atom stereocenters. The van der Waals surface area contributed by atoms with E-state index in [4.69, 9.17) is 9.47 Å². The van der Waals surface area contributed by atoms with E-state index >= 15 is 0 Å². The second-order valence-corrected chi connectivity index (χ2v) is 3.23. The van der Waals surface area contributed by atoms with Crippen LogP contribution in [-0.4, -0.2) is 24.7 Å². The van der Waals surface area contributed by atoms with E-state index in [1.807, 2.05) is 0 Å². The number of alkyl halides is 2. The van der Waals surface area contributed by atoms with Gasteiger partial charge in [-0.1, -0.05) is 0 Å². The van der Waals surface area contributed by atoms with Crippen LogP contribution in [0, 0.1) is 6.92 Å². The Morgan fingerprint density at radius 3 is 2.65 bits per heavy atom. The molecule has 6 heteroatoms. The molecule has 0 aliphatic rings. The first kappa shape index (κ1) is 13.3. The van der Waals surface area contributed by atoms with E-state index in [2.05, 4.69) is 4.98 Å². The lowest BCUT2D eigenvalue weighted by atomic mass is 10.1. The van der Waals surface area contributed by atoms with E-state index in [1.165, 1.54) is 14.0 Å². The Labute approximate surface area is 97.6 Å². The van der Waals surface area contributed by atoms with Crippen molar-refractivity contribution in [2.24, 2.45) is 0 Å². The molecule has 4 nitrogen and oxygen atoms in total. The molecule has 1 aromatic heterocycles. The minimum absolute atomic E-state index is 0.0578. The lowest BCUT2D eigenvalue weighted by Gasteiger charge is -2.12. The van der Waals surface area contributed by atoms with Crippen LogP contribution in [0.5, 0.6) is 5.88 Å². The first-order chi connectivity index (χ1) is 8.01. The monoisotopic (exact) mass is 245 g/mol. The standard InChI is InChI=1S/C11H13F2NO3/c1-4-17-11(15)7-5-8(16-3)14-6(2)9(7)10(12)13/h5,10H,4H2,1-3H3. The lowest BCUT2D eigenvalue weighted by molar-refractivity contribution is 0.0514. The summed E-state index contributed by atoms with van der Waals surface area (Å²) in [5, 5.41) is 0. The van der Waals surface area contributed by atoms with Crippen LogP contribution < -0.4 is 4.74 Å². The molecule has 0 fully saturated rings. The van der Waals surface area contributed by atoms with Crippen LogP contribution in [0.25, 0.3) is 0 Å². The fourth-order valence-corrected chi connectivity index (χ4v) is 1.41. The van der Waals surface area contributed by atoms with Gasteiger partial charge in [0.1, 0.15) is 0 Å². The molecule has 94 valence electrons. The number of rotatable bonds is 4. The molecule has 0 saturated heterocycles. The Morgan fingerprint density at radius 2 is 2.18 bits per heavy atom. The molecule has 1 rings (SSSR count). The van der Waals surface area contributed by atoms with Gasteiger partial charge >= 0.3 is 5.97 Å². The van der Waals surface area contributed by atoms with Crippen molar-refractivity contribution in [3.8, 4) is 5.88 Å². The highest BCUT2D eigenvalue weighted by Gasteiger charge is 2.23. The fourth-order valence-electron chi connectivity index (χ4n) is 1.41. The first-order valence-electron chi connectivity index (χ1n) is 5.02.